The van der Waals surface area contributed by atoms with Gasteiger partial charge >= 0.3 is 5.97 Å². The van der Waals surface area contributed by atoms with Gasteiger partial charge in [0.15, 0.2) is 16.3 Å². The predicted octanol–water partition coefficient (Wildman–Crippen LogP) is 5.92. The van der Waals surface area contributed by atoms with Crippen LogP contribution in [0.5, 0.6) is 0 Å². The fourth-order valence-electron chi connectivity index (χ4n) is 4.48. The Hall–Kier alpha value is -2.43. The summed E-state index contributed by atoms with van der Waals surface area (Å²) in [5, 5.41) is 0.320. The summed E-state index contributed by atoms with van der Waals surface area (Å²) in [6.07, 6.45) is 0.529. The molecular weight excluding hydrogens is 450 g/mol. The first kappa shape index (κ1) is 18.6. The molecule has 3 aromatic rings. The molecule has 3 heterocycles. The third kappa shape index (κ3) is 2.70. The van der Waals surface area contributed by atoms with Crippen LogP contribution in [-0.4, -0.2) is 11.1 Å². The molecule has 0 spiro atoms. The van der Waals surface area contributed by atoms with Crippen molar-refractivity contribution < 1.29 is 9.53 Å². The van der Waals surface area contributed by atoms with Gasteiger partial charge in [-0.1, -0.05) is 100 Å². The number of hydrogen-bond donors (Lipinski definition) is 0. The number of carbonyl (C=O) groups excluding carboxylic acids is 1. The largest absolute Gasteiger partial charge is 0.444 e. The van der Waals surface area contributed by atoms with Crippen LogP contribution in [0, 0.1) is 0 Å². The molecule has 3 aromatic carbocycles. The average Bonchev–Trinajstić information content (AvgIpc) is 2.76. The van der Waals surface area contributed by atoms with Gasteiger partial charge in [0.1, 0.15) is 0 Å². The van der Waals surface area contributed by atoms with E-state index in [2.05, 4.69) is 15.9 Å². The Kier molecular flexibility index (Phi) is 4.37. The molecule has 0 unspecified atom stereocenters. The van der Waals surface area contributed by atoms with E-state index in [-0.39, 0.29) is 11.9 Å². The van der Waals surface area contributed by atoms with Gasteiger partial charge in [-0.15, -0.1) is 0 Å². The lowest BCUT2D eigenvalue weighted by molar-refractivity contribution is -0.175. The fraction of sp³-hybridized carbons (Fsp3) is 0.167. The van der Waals surface area contributed by atoms with Crippen molar-refractivity contribution in [3.8, 4) is 0 Å². The van der Waals surface area contributed by atoms with Crippen LogP contribution in [0.15, 0.2) is 94.4 Å². The highest BCUT2D eigenvalue weighted by molar-refractivity contribution is 9.10. The van der Waals surface area contributed by atoms with E-state index >= 15 is 0 Å². The van der Waals surface area contributed by atoms with Gasteiger partial charge in [0.2, 0.25) is 0 Å². The molecule has 0 aliphatic carbocycles. The van der Waals surface area contributed by atoms with Crippen molar-refractivity contribution in [1.82, 2.24) is 0 Å². The van der Waals surface area contributed by atoms with Crippen LogP contribution in [0.3, 0.4) is 0 Å². The molecule has 3 aliphatic heterocycles. The lowest BCUT2D eigenvalue weighted by Crippen LogP contribution is -2.60. The zero-order valence-electron chi connectivity index (χ0n) is 15.4. The third-order valence-corrected chi connectivity index (χ3v) is 6.83. The number of nitrogens with zero attached hydrogens (tertiary/aromatic N) is 1. The molecule has 0 N–H and O–H groups in total. The normalized spacial score (nSPS) is 28.0. The van der Waals surface area contributed by atoms with E-state index < -0.39 is 11.1 Å². The molecule has 3 atom stereocenters. The lowest BCUT2D eigenvalue weighted by atomic mass is 9.64. The molecule has 3 nitrogen and oxygen atoms in total. The molecule has 144 valence electrons. The molecular formula is C24H17BrClNO2. The summed E-state index contributed by atoms with van der Waals surface area (Å²) in [4.78, 5) is 18.4. The summed E-state index contributed by atoms with van der Waals surface area (Å²) >= 11 is 10.2. The summed E-state index contributed by atoms with van der Waals surface area (Å²) in [6, 6.07) is 27.3. The number of ether oxygens (including phenoxy) is 1. The first-order valence-electron chi connectivity index (χ1n) is 9.42. The number of halogens is 2. The van der Waals surface area contributed by atoms with Gasteiger partial charge in [-0.05, 0) is 23.3 Å². The molecule has 0 saturated carbocycles. The summed E-state index contributed by atoms with van der Waals surface area (Å²) in [6.45, 7) is 0. The van der Waals surface area contributed by atoms with Crippen LogP contribution in [-0.2, 0) is 20.7 Å². The minimum absolute atomic E-state index is 0.207. The SMILES string of the molecule is O=C1O[C@@]2(c3ccccc3)C[C@H](c3ccc(Br)cc3)[C@]1(c1ccccc1)N=C2Cl. The summed E-state index contributed by atoms with van der Waals surface area (Å²) in [7, 11) is 0. The topological polar surface area (TPSA) is 38.7 Å². The van der Waals surface area contributed by atoms with Gasteiger partial charge in [0.25, 0.3) is 0 Å². The Morgan fingerprint density at radius 1 is 0.897 bits per heavy atom. The van der Waals surface area contributed by atoms with Crippen LogP contribution in [0.1, 0.15) is 29.0 Å². The Labute approximate surface area is 182 Å². The first-order chi connectivity index (χ1) is 14.1. The summed E-state index contributed by atoms with van der Waals surface area (Å²) in [5.41, 5.74) is 0.404. The van der Waals surface area contributed by atoms with E-state index in [9.17, 15) is 4.79 Å². The monoisotopic (exact) mass is 465 g/mol. The zero-order chi connectivity index (χ0) is 20.1. The molecule has 1 saturated heterocycles. The molecule has 1 fully saturated rings. The Morgan fingerprint density at radius 3 is 2.10 bits per heavy atom. The number of esters is 1. The fourth-order valence-corrected chi connectivity index (χ4v) is 5.11. The standard InChI is InChI=1S/C24H17BrClNO2/c25-19-13-11-16(12-14-19)20-15-23(17-7-3-1-4-8-17)21(26)27-24(20,22(28)29-23)18-9-5-2-6-10-18/h1-14,20H,15H2/t20-,23-,24+/m1/s1. The van der Waals surface area contributed by atoms with Gasteiger partial charge in [0, 0.05) is 22.4 Å². The van der Waals surface area contributed by atoms with Gasteiger partial charge in [-0.25, -0.2) is 9.79 Å². The second-order valence-electron chi connectivity index (χ2n) is 7.43. The summed E-state index contributed by atoms with van der Waals surface area (Å²) < 4.78 is 7.08. The lowest BCUT2D eigenvalue weighted by Gasteiger charge is -2.52. The van der Waals surface area contributed by atoms with Crippen molar-refractivity contribution in [1.29, 1.82) is 0 Å². The predicted molar refractivity (Wildman–Crippen MR) is 117 cm³/mol. The smallest absolute Gasteiger partial charge is 0.340 e. The van der Waals surface area contributed by atoms with Crippen molar-refractivity contribution in [3.05, 3.63) is 106 Å². The Morgan fingerprint density at radius 2 is 1.48 bits per heavy atom. The molecule has 29 heavy (non-hydrogen) atoms. The maximum atomic E-state index is 13.6. The maximum absolute atomic E-state index is 13.6. The average molecular weight is 467 g/mol. The molecule has 3 aliphatic rings. The van der Waals surface area contributed by atoms with Gasteiger partial charge in [-0.3, -0.25) is 0 Å². The highest BCUT2D eigenvalue weighted by Gasteiger charge is 2.65. The Balaban J connectivity index is 1.77. The number of aliphatic imine (C=N–C) groups is 1. The number of benzene rings is 3. The number of carbonyl (C=O) groups is 1. The van der Waals surface area contributed by atoms with Gasteiger partial charge in [-0.2, -0.15) is 0 Å². The van der Waals surface area contributed by atoms with Gasteiger partial charge < -0.3 is 4.74 Å². The van der Waals surface area contributed by atoms with Crippen LogP contribution >= 0.6 is 27.5 Å². The molecule has 0 radical (unpaired) electrons. The second-order valence-corrected chi connectivity index (χ2v) is 8.70. The summed E-state index contributed by atoms with van der Waals surface area (Å²) in [5.74, 6) is -0.571. The van der Waals surface area contributed by atoms with Crippen molar-refractivity contribution in [2.24, 2.45) is 4.99 Å². The van der Waals surface area contributed by atoms with Gasteiger partial charge in [0.05, 0.1) is 0 Å². The third-order valence-electron chi connectivity index (χ3n) is 5.91. The van der Waals surface area contributed by atoms with E-state index in [4.69, 9.17) is 21.3 Å². The van der Waals surface area contributed by atoms with Crippen molar-refractivity contribution in [2.45, 2.75) is 23.5 Å². The number of hydrogen-bond acceptors (Lipinski definition) is 3. The molecule has 6 rings (SSSR count). The highest BCUT2D eigenvalue weighted by atomic mass is 79.9. The number of rotatable bonds is 3. The second kappa shape index (κ2) is 6.82. The van der Waals surface area contributed by atoms with E-state index in [1.165, 1.54) is 0 Å². The Bertz CT molecular complexity index is 1100. The minimum Gasteiger partial charge on any atom is -0.444 e. The zero-order valence-corrected chi connectivity index (χ0v) is 17.7. The minimum atomic E-state index is -1.19. The van der Waals surface area contributed by atoms with E-state index in [1.54, 1.807) is 0 Å². The van der Waals surface area contributed by atoms with Crippen LogP contribution in [0.25, 0.3) is 0 Å². The van der Waals surface area contributed by atoms with Crippen LogP contribution in [0.4, 0.5) is 0 Å². The maximum Gasteiger partial charge on any atom is 0.340 e. The van der Waals surface area contributed by atoms with E-state index in [0.29, 0.717) is 11.6 Å². The molecule has 2 bridgehead atoms. The quantitative estimate of drug-likeness (QED) is 0.449. The molecule has 5 heteroatoms. The number of fused-ring (bicyclic) bond motifs is 2. The van der Waals surface area contributed by atoms with Crippen LogP contribution in [0.2, 0.25) is 0 Å². The van der Waals surface area contributed by atoms with E-state index in [0.717, 1.165) is 21.2 Å². The molecule has 0 aromatic heterocycles. The highest BCUT2D eigenvalue weighted by Crippen LogP contribution is 2.58. The van der Waals surface area contributed by atoms with Crippen LogP contribution < -0.4 is 0 Å². The van der Waals surface area contributed by atoms with Crippen molar-refractivity contribution >= 4 is 38.7 Å². The van der Waals surface area contributed by atoms with Crippen molar-refractivity contribution in [2.75, 3.05) is 0 Å². The van der Waals surface area contributed by atoms with E-state index in [1.807, 2.05) is 84.9 Å². The molecule has 0 amide bonds. The first-order valence-corrected chi connectivity index (χ1v) is 10.6. The van der Waals surface area contributed by atoms with Crippen molar-refractivity contribution in [3.63, 3.8) is 0 Å².